The number of benzene rings is 1. The van der Waals surface area contributed by atoms with Gasteiger partial charge in [-0.2, -0.15) is 0 Å². The Morgan fingerprint density at radius 1 is 1.28 bits per heavy atom. The topological polar surface area (TPSA) is 64.1 Å². The number of ether oxygens (including phenoxy) is 1. The molecule has 1 N–H and O–H groups in total. The minimum Gasteiger partial charge on any atom is -0.483 e. The zero-order chi connectivity index (χ0) is 18.4. The number of anilines is 1. The fraction of sp³-hybridized carbons (Fsp3) is 0.500. The Hall–Kier alpha value is -1.47. The van der Waals surface area contributed by atoms with Crippen molar-refractivity contribution in [1.82, 2.24) is 10.2 Å². The zero-order valence-corrected chi connectivity index (χ0v) is 17.4. The van der Waals surface area contributed by atoms with E-state index in [-0.39, 0.29) is 12.5 Å². The molecule has 136 valence electrons. The van der Waals surface area contributed by atoms with Crippen molar-refractivity contribution in [2.45, 2.75) is 52.4 Å². The first-order valence-electron chi connectivity index (χ1n) is 8.50. The maximum absolute atomic E-state index is 12.1. The summed E-state index contributed by atoms with van der Waals surface area (Å²) < 4.78 is 6.45. The largest absolute Gasteiger partial charge is 0.483 e. The normalized spacial score (nSPS) is 11.2. The second-order valence-electron chi connectivity index (χ2n) is 6.14. The third kappa shape index (κ3) is 5.51. The van der Waals surface area contributed by atoms with Gasteiger partial charge in [-0.1, -0.05) is 45.1 Å². The molecule has 5 nitrogen and oxygen atoms in total. The quantitative estimate of drug-likeness (QED) is 0.619. The summed E-state index contributed by atoms with van der Waals surface area (Å²) in [6.45, 7) is 8.45. The van der Waals surface area contributed by atoms with Crippen molar-refractivity contribution >= 4 is 38.3 Å². The van der Waals surface area contributed by atoms with Crippen LogP contribution in [0.3, 0.4) is 0 Å². The molecule has 2 aromatic rings. The molecule has 0 unspecified atom stereocenters. The van der Waals surface area contributed by atoms with E-state index < -0.39 is 0 Å². The highest BCUT2D eigenvalue weighted by atomic mass is 79.9. The van der Waals surface area contributed by atoms with Gasteiger partial charge in [0.1, 0.15) is 10.8 Å². The lowest BCUT2D eigenvalue weighted by atomic mass is 10.0. The van der Waals surface area contributed by atoms with E-state index in [9.17, 15) is 4.79 Å². The van der Waals surface area contributed by atoms with Gasteiger partial charge in [-0.25, -0.2) is 0 Å². The van der Waals surface area contributed by atoms with E-state index in [2.05, 4.69) is 59.1 Å². The summed E-state index contributed by atoms with van der Waals surface area (Å²) in [5.74, 6) is 1.24. The third-order valence-electron chi connectivity index (χ3n) is 4.00. The van der Waals surface area contributed by atoms with Gasteiger partial charge in [0.15, 0.2) is 6.61 Å². The van der Waals surface area contributed by atoms with Crippen LogP contribution >= 0.6 is 27.3 Å². The van der Waals surface area contributed by atoms with E-state index in [0.29, 0.717) is 22.7 Å². The van der Waals surface area contributed by atoms with Gasteiger partial charge < -0.3 is 4.74 Å². The molecule has 0 spiro atoms. The van der Waals surface area contributed by atoms with Crippen LogP contribution in [-0.2, 0) is 4.79 Å². The van der Waals surface area contributed by atoms with E-state index in [0.717, 1.165) is 22.3 Å². The van der Waals surface area contributed by atoms with Gasteiger partial charge in [0, 0.05) is 5.92 Å². The highest BCUT2D eigenvalue weighted by Gasteiger charge is 2.15. The number of hydrogen-bond acceptors (Lipinski definition) is 5. The number of amides is 1. The molecule has 0 aliphatic heterocycles. The molecule has 1 heterocycles. The Morgan fingerprint density at radius 2 is 2.00 bits per heavy atom. The van der Waals surface area contributed by atoms with Crippen LogP contribution in [0.1, 0.15) is 62.9 Å². The zero-order valence-electron chi connectivity index (χ0n) is 15.0. The number of aromatic nitrogens is 2. The lowest BCUT2D eigenvalue weighted by Crippen LogP contribution is -2.20. The molecule has 1 aromatic carbocycles. The first-order chi connectivity index (χ1) is 11.9. The van der Waals surface area contributed by atoms with Crippen molar-refractivity contribution in [1.29, 1.82) is 0 Å². The third-order valence-corrected chi connectivity index (χ3v) is 5.62. The predicted octanol–water partition coefficient (Wildman–Crippen LogP) is 5.35. The number of halogens is 1. The van der Waals surface area contributed by atoms with Crippen molar-refractivity contribution in [3.05, 3.63) is 33.2 Å². The maximum atomic E-state index is 12.1. The molecule has 7 heteroatoms. The van der Waals surface area contributed by atoms with Crippen molar-refractivity contribution in [3.63, 3.8) is 0 Å². The molecule has 2 rings (SSSR count). The Balaban J connectivity index is 1.91. The second-order valence-corrected chi connectivity index (χ2v) is 8.00. The standard InChI is InChI=1S/C18H24BrN3O2S/c1-5-12(6-2)17-21-22-18(25-17)20-16(23)10-24-15-8-7-13(11(3)4)9-14(15)19/h7-9,11-12H,5-6,10H2,1-4H3,(H,20,22,23). The minimum atomic E-state index is -0.243. The first kappa shape index (κ1) is 19.8. The fourth-order valence-corrected chi connectivity index (χ4v) is 3.92. The molecule has 0 bridgehead atoms. The molecule has 0 fully saturated rings. The van der Waals surface area contributed by atoms with Crippen LogP contribution in [0.15, 0.2) is 22.7 Å². The van der Waals surface area contributed by atoms with E-state index in [4.69, 9.17) is 4.74 Å². The number of carbonyl (C=O) groups is 1. The van der Waals surface area contributed by atoms with Gasteiger partial charge in [-0.05, 0) is 52.4 Å². The van der Waals surface area contributed by atoms with Gasteiger partial charge in [0.2, 0.25) is 5.13 Å². The summed E-state index contributed by atoms with van der Waals surface area (Å²) in [7, 11) is 0. The van der Waals surface area contributed by atoms with Crippen molar-refractivity contribution in [2.75, 3.05) is 11.9 Å². The van der Waals surface area contributed by atoms with E-state index in [1.807, 2.05) is 18.2 Å². The number of hydrogen-bond donors (Lipinski definition) is 1. The van der Waals surface area contributed by atoms with Gasteiger partial charge in [-0.3, -0.25) is 10.1 Å². The van der Waals surface area contributed by atoms with Crippen LogP contribution in [0.2, 0.25) is 0 Å². The molecule has 1 aromatic heterocycles. The van der Waals surface area contributed by atoms with E-state index in [1.165, 1.54) is 16.9 Å². The van der Waals surface area contributed by atoms with Gasteiger partial charge in [0.05, 0.1) is 4.47 Å². The predicted molar refractivity (Wildman–Crippen MR) is 106 cm³/mol. The van der Waals surface area contributed by atoms with Gasteiger partial charge in [-0.15, -0.1) is 10.2 Å². The number of nitrogens with zero attached hydrogens (tertiary/aromatic N) is 2. The van der Waals surface area contributed by atoms with E-state index >= 15 is 0 Å². The van der Waals surface area contributed by atoms with Crippen LogP contribution in [-0.4, -0.2) is 22.7 Å². The molecule has 0 aliphatic rings. The van der Waals surface area contributed by atoms with Crippen molar-refractivity contribution in [2.24, 2.45) is 0 Å². The summed E-state index contributed by atoms with van der Waals surface area (Å²) in [5, 5.41) is 12.5. The number of rotatable bonds is 8. The monoisotopic (exact) mass is 425 g/mol. The first-order valence-corrected chi connectivity index (χ1v) is 10.1. The van der Waals surface area contributed by atoms with Gasteiger partial charge >= 0.3 is 0 Å². The van der Waals surface area contributed by atoms with Crippen LogP contribution in [0.5, 0.6) is 5.75 Å². The Morgan fingerprint density at radius 3 is 2.60 bits per heavy atom. The smallest absolute Gasteiger partial charge is 0.264 e. The summed E-state index contributed by atoms with van der Waals surface area (Å²) in [6, 6.07) is 5.91. The molecule has 0 aliphatic carbocycles. The highest BCUT2D eigenvalue weighted by molar-refractivity contribution is 9.10. The average Bonchev–Trinajstić information content (AvgIpc) is 3.03. The number of carbonyl (C=O) groups excluding carboxylic acids is 1. The molecular weight excluding hydrogens is 402 g/mol. The molecule has 0 radical (unpaired) electrons. The van der Waals surface area contributed by atoms with Crippen molar-refractivity contribution in [3.8, 4) is 5.75 Å². The molecule has 1 amide bonds. The molecule has 0 atom stereocenters. The Kier molecular flexibility index (Phi) is 7.38. The van der Waals surface area contributed by atoms with Crippen LogP contribution in [0, 0.1) is 0 Å². The molecular formula is C18H24BrN3O2S. The summed E-state index contributed by atoms with van der Waals surface area (Å²) in [6.07, 6.45) is 2.03. The highest BCUT2D eigenvalue weighted by Crippen LogP contribution is 2.29. The summed E-state index contributed by atoms with van der Waals surface area (Å²) in [4.78, 5) is 12.1. The average molecular weight is 426 g/mol. The fourth-order valence-electron chi connectivity index (χ4n) is 2.38. The van der Waals surface area contributed by atoms with Crippen molar-refractivity contribution < 1.29 is 9.53 Å². The molecule has 0 saturated heterocycles. The Labute approximate surface area is 161 Å². The molecule has 0 saturated carbocycles. The lowest BCUT2D eigenvalue weighted by Gasteiger charge is -2.11. The van der Waals surface area contributed by atoms with E-state index in [1.54, 1.807) is 0 Å². The van der Waals surface area contributed by atoms with Crippen LogP contribution in [0.4, 0.5) is 5.13 Å². The second kappa shape index (κ2) is 9.29. The summed E-state index contributed by atoms with van der Waals surface area (Å²) in [5.41, 5.74) is 1.21. The maximum Gasteiger partial charge on any atom is 0.264 e. The number of nitrogens with one attached hydrogen (secondary N) is 1. The Bertz CT molecular complexity index is 714. The summed E-state index contributed by atoms with van der Waals surface area (Å²) >= 11 is 4.92. The van der Waals surface area contributed by atoms with Crippen LogP contribution in [0.25, 0.3) is 0 Å². The lowest BCUT2D eigenvalue weighted by molar-refractivity contribution is -0.118. The minimum absolute atomic E-state index is 0.0699. The SMILES string of the molecule is CCC(CC)c1nnc(NC(=O)COc2ccc(C(C)C)cc2Br)s1. The molecule has 25 heavy (non-hydrogen) atoms. The van der Waals surface area contributed by atoms with Crippen LogP contribution < -0.4 is 10.1 Å². The van der Waals surface area contributed by atoms with Gasteiger partial charge in [0.25, 0.3) is 5.91 Å².